The van der Waals surface area contributed by atoms with E-state index in [9.17, 15) is 26.4 Å². The van der Waals surface area contributed by atoms with Crippen molar-refractivity contribution in [3.63, 3.8) is 0 Å². The minimum atomic E-state index is -4.61. The summed E-state index contributed by atoms with van der Waals surface area (Å²) in [5, 5.41) is 6.10. The molecule has 0 aliphatic carbocycles. The summed E-state index contributed by atoms with van der Waals surface area (Å²) in [5.41, 5.74) is 0.726. The monoisotopic (exact) mass is 560 g/mol. The molecule has 0 unspecified atom stereocenters. The van der Waals surface area contributed by atoms with Crippen LogP contribution in [0.2, 0.25) is 0 Å². The van der Waals surface area contributed by atoms with Gasteiger partial charge in [0.1, 0.15) is 0 Å². The lowest BCUT2D eigenvalue weighted by Crippen LogP contribution is -2.17. The summed E-state index contributed by atoms with van der Waals surface area (Å²) in [5.74, 6) is -0.527. The molecule has 2 aromatic heterocycles. The Labute approximate surface area is 202 Å². The first-order chi connectivity index (χ1) is 15.8. The topological polar surface area (TPSA) is 119 Å². The fourth-order valence-corrected chi connectivity index (χ4v) is 4.47. The van der Waals surface area contributed by atoms with E-state index in [-0.39, 0.29) is 34.0 Å². The summed E-state index contributed by atoms with van der Waals surface area (Å²) in [4.78, 5) is 20.3. The van der Waals surface area contributed by atoms with Crippen LogP contribution in [0.1, 0.15) is 29.2 Å². The van der Waals surface area contributed by atoms with Crippen LogP contribution in [0.15, 0.2) is 39.7 Å². The van der Waals surface area contributed by atoms with Gasteiger partial charge in [-0.1, -0.05) is 0 Å². The highest BCUT2D eigenvalue weighted by Crippen LogP contribution is 2.35. The average Bonchev–Trinajstić information content (AvgIpc) is 3.00. The van der Waals surface area contributed by atoms with E-state index in [4.69, 9.17) is 0 Å². The van der Waals surface area contributed by atoms with Gasteiger partial charge in [0.05, 0.1) is 21.6 Å². The molecule has 0 saturated carbocycles. The number of benzene rings is 1. The van der Waals surface area contributed by atoms with E-state index in [1.165, 1.54) is 31.2 Å². The van der Waals surface area contributed by atoms with E-state index in [0.29, 0.717) is 17.1 Å². The number of aryl methyl sites for hydroxylation is 3. The maximum absolute atomic E-state index is 13.0. The van der Waals surface area contributed by atoms with Crippen molar-refractivity contribution >= 4 is 43.5 Å². The highest BCUT2D eigenvalue weighted by molar-refractivity contribution is 9.10. The summed E-state index contributed by atoms with van der Waals surface area (Å²) < 4.78 is 67.3. The Bertz CT molecular complexity index is 1300. The zero-order valence-electron chi connectivity index (χ0n) is 18.2. The molecule has 0 spiro atoms. The number of nitrogens with zero attached hydrogens (tertiary/aromatic N) is 4. The lowest BCUT2D eigenvalue weighted by molar-refractivity contribution is -0.142. The predicted molar refractivity (Wildman–Crippen MR) is 122 cm³/mol. The number of carbonyl (C=O) groups is 1. The lowest BCUT2D eigenvalue weighted by Gasteiger charge is -2.10. The van der Waals surface area contributed by atoms with E-state index in [1.54, 1.807) is 19.9 Å². The van der Waals surface area contributed by atoms with Crippen LogP contribution in [0.3, 0.4) is 0 Å². The molecule has 0 aliphatic heterocycles. The zero-order chi connectivity index (χ0) is 25.3. The van der Waals surface area contributed by atoms with Crippen molar-refractivity contribution in [3.05, 3.63) is 57.6 Å². The second-order valence-electron chi connectivity index (χ2n) is 7.37. The molecule has 0 aliphatic rings. The van der Waals surface area contributed by atoms with Gasteiger partial charge in [0.2, 0.25) is 11.9 Å². The maximum Gasteiger partial charge on any atom is 0.436 e. The number of anilines is 2. The second-order valence-corrected chi connectivity index (χ2v) is 9.85. The van der Waals surface area contributed by atoms with Gasteiger partial charge in [-0.3, -0.25) is 9.48 Å². The van der Waals surface area contributed by atoms with E-state index in [0.717, 1.165) is 4.68 Å². The molecule has 2 heterocycles. The molecule has 0 saturated heterocycles. The largest absolute Gasteiger partial charge is 0.436 e. The third-order valence-corrected chi connectivity index (χ3v) is 6.90. The number of sulfonamides is 1. The first-order valence-corrected chi connectivity index (χ1v) is 12.1. The number of rotatable bonds is 7. The van der Waals surface area contributed by atoms with E-state index in [2.05, 4.69) is 41.0 Å². The summed E-state index contributed by atoms with van der Waals surface area (Å²) >= 11 is 2.88. The van der Waals surface area contributed by atoms with Crippen molar-refractivity contribution in [2.45, 2.75) is 44.8 Å². The van der Waals surface area contributed by atoms with Gasteiger partial charge in [-0.2, -0.15) is 18.3 Å². The number of hydrogen-bond donors (Lipinski definition) is 2. The van der Waals surface area contributed by atoms with Crippen LogP contribution in [0.5, 0.6) is 0 Å². The van der Waals surface area contributed by atoms with Gasteiger partial charge in [-0.15, -0.1) is 0 Å². The van der Waals surface area contributed by atoms with Crippen molar-refractivity contribution < 1.29 is 26.4 Å². The second kappa shape index (κ2) is 9.70. The summed E-state index contributed by atoms with van der Waals surface area (Å²) in [6.45, 7) is 4.82. The van der Waals surface area contributed by atoms with Crippen LogP contribution in [-0.2, 0) is 27.5 Å². The lowest BCUT2D eigenvalue weighted by atomic mass is 10.3. The zero-order valence-corrected chi connectivity index (χ0v) is 20.6. The quantitative estimate of drug-likeness (QED) is 0.446. The summed E-state index contributed by atoms with van der Waals surface area (Å²) in [7, 11) is -3.95. The van der Waals surface area contributed by atoms with Crippen LogP contribution in [0.25, 0.3) is 0 Å². The number of hydrogen-bond acceptors (Lipinski definition) is 6. The highest BCUT2D eigenvalue weighted by atomic mass is 79.9. The van der Waals surface area contributed by atoms with Gasteiger partial charge < -0.3 is 5.32 Å². The molecule has 182 valence electrons. The van der Waals surface area contributed by atoms with Crippen LogP contribution in [-0.4, -0.2) is 34.1 Å². The number of amides is 1. The Hall–Kier alpha value is -3.00. The first kappa shape index (κ1) is 25.6. The summed E-state index contributed by atoms with van der Waals surface area (Å²) in [6, 6.07) is 7.09. The third-order valence-electron chi connectivity index (χ3n) is 4.61. The van der Waals surface area contributed by atoms with Crippen molar-refractivity contribution in [1.29, 1.82) is 0 Å². The van der Waals surface area contributed by atoms with Crippen LogP contribution in [0.4, 0.5) is 24.8 Å². The van der Waals surface area contributed by atoms with Crippen LogP contribution >= 0.6 is 15.9 Å². The Kier molecular flexibility index (Phi) is 7.31. The van der Waals surface area contributed by atoms with Crippen LogP contribution in [0, 0.1) is 20.8 Å². The standard InChI is InChI=1S/C20H20BrF3N6O3S/c1-11-10-12(2)26-19(25-11)29-34(32,33)15-6-4-14(5-7-15)27-16(31)8-9-30-13(3)17(21)18(28-30)20(22,23)24/h4-7,10H,8-9H2,1-3H3,(H,27,31)(H,25,26,29). The third kappa shape index (κ3) is 6.11. The van der Waals surface area contributed by atoms with E-state index in [1.807, 2.05) is 0 Å². The molecule has 9 nitrogen and oxygen atoms in total. The maximum atomic E-state index is 13.0. The Morgan fingerprint density at radius 3 is 2.21 bits per heavy atom. The van der Waals surface area contributed by atoms with Gasteiger partial charge in [0.15, 0.2) is 5.69 Å². The SMILES string of the molecule is Cc1cc(C)nc(NS(=O)(=O)c2ccc(NC(=O)CCn3nc(C(F)(F)F)c(Br)c3C)cc2)n1. The molecule has 3 aromatic rings. The molecular weight excluding hydrogens is 541 g/mol. The molecule has 34 heavy (non-hydrogen) atoms. The van der Waals surface area contributed by atoms with Crippen molar-refractivity contribution in [3.8, 4) is 0 Å². The number of halogens is 4. The molecule has 0 bridgehead atoms. The Morgan fingerprint density at radius 2 is 1.68 bits per heavy atom. The van der Waals surface area contributed by atoms with E-state index >= 15 is 0 Å². The number of carbonyl (C=O) groups excluding carboxylic acids is 1. The number of aromatic nitrogens is 4. The molecule has 14 heteroatoms. The first-order valence-electron chi connectivity index (χ1n) is 9.81. The smallest absolute Gasteiger partial charge is 0.326 e. The van der Waals surface area contributed by atoms with Gasteiger partial charge in [-0.25, -0.2) is 23.1 Å². The van der Waals surface area contributed by atoms with Crippen LogP contribution < -0.4 is 10.0 Å². The van der Waals surface area contributed by atoms with Crippen molar-refractivity contribution in [2.24, 2.45) is 0 Å². The molecule has 3 rings (SSSR count). The average molecular weight is 561 g/mol. The fourth-order valence-electron chi connectivity index (χ4n) is 3.02. The van der Waals surface area contributed by atoms with Crippen molar-refractivity contribution in [1.82, 2.24) is 19.7 Å². The minimum absolute atomic E-state index is 0.0517. The van der Waals surface area contributed by atoms with Gasteiger partial charge >= 0.3 is 6.18 Å². The molecule has 0 radical (unpaired) electrons. The van der Waals surface area contributed by atoms with Gasteiger partial charge in [-0.05, 0) is 67.0 Å². The molecule has 0 atom stereocenters. The van der Waals surface area contributed by atoms with Gasteiger partial charge in [0.25, 0.3) is 10.0 Å². The normalized spacial score (nSPS) is 12.0. The molecule has 0 fully saturated rings. The molecule has 1 amide bonds. The molecule has 2 N–H and O–H groups in total. The molecule has 1 aromatic carbocycles. The van der Waals surface area contributed by atoms with Crippen molar-refractivity contribution in [2.75, 3.05) is 10.0 Å². The highest BCUT2D eigenvalue weighted by Gasteiger charge is 2.37. The summed E-state index contributed by atoms with van der Waals surface area (Å²) in [6.07, 6.45) is -4.75. The number of alkyl halides is 3. The van der Waals surface area contributed by atoms with E-state index < -0.39 is 27.8 Å². The molecular formula is C20H20BrF3N6O3S. The minimum Gasteiger partial charge on any atom is -0.326 e. The Balaban J connectivity index is 1.63. The fraction of sp³-hybridized carbons (Fsp3) is 0.300. The number of nitrogens with one attached hydrogen (secondary N) is 2. The Morgan fingerprint density at radius 1 is 1.09 bits per heavy atom. The predicted octanol–water partition coefficient (Wildman–Crippen LogP) is 4.21. The van der Waals surface area contributed by atoms with Gasteiger partial charge in [0, 0.05) is 23.5 Å².